The van der Waals surface area contributed by atoms with Gasteiger partial charge in [0.2, 0.25) is 5.91 Å². The summed E-state index contributed by atoms with van der Waals surface area (Å²) in [6.45, 7) is 2.37. The van der Waals surface area contributed by atoms with E-state index in [9.17, 15) is 4.79 Å². The van der Waals surface area contributed by atoms with Gasteiger partial charge in [-0.2, -0.15) is 0 Å². The topological polar surface area (TPSA) is 57.3 Å². The Labute approximate surface area is 132 Å². The van der Waals surface area contributed by atoms with E-state index in [4.69, 9.17) is 0 Å². The molecule has 2 fully saturated rings. The number of fused-ring (bicyclic) bond motifs is 1. The zero-order valence-electron chi connectivity index (χ0n) is 13.6. The standard InChI is InChI=1S/C17H26N4O/c1-21(2)15-13(6-5-9-19-15)10-20-16(22)17-8-4-3-7-14(17)11-18-12-17/h5-6,9,14,18H,3-4,7-8,10-12H2,1-2H3,(H,20,22)/t14-,17+/m0/s1. The Bertz CT molecular complexity index is 545. The molecule has 1 saturated heterocycles. The molecular formula is C17H26N4O. The normalized spacial score (nSPS) is 27.3. The fourth-order valence-corrected chi connectivity index (χ4v) is 4.01. The van der Waals surface area contributed by atoms with E-state index in [1.807, 2.05) is 31.1 Å². The highest BCUT2D eigenvalue weighted by atomic mass is 16.2. The predicted octanol–water partition coefficient (Wildman–Crippen LogP) is 1.54. The van der Waals surface area contributed by atoms with E-state index in [1.165, 1.54) is 19.3 Å². The van der Waals surface area contributed by atoms with Crippen LogP contribution in [-0.4, -0.2) is 38.1 Å². The van der Waals surface area contributed by atoms with Crippen molar-refractivity contribution in [1.82, 2.24) is 15.6 Å². The molecule has 1 aliphatic heterocycles. The Morgan fingerprint density at radius 2 is 2.36 bits per heavy atom. The minimum absolute atomic E-state index is 0.182. The number of hydrogen-bond donors (Lipinski definition) is 2. The van der Waals surface area contributed by atoms with E-state index >= 15 is 0 Å². The molecule has 0 aromatic carbocycles. The van der Waals surface area contributed by atoms with Crippen molar-refractivity contribution in [2.45, 2.75) is 32.2 Å². The van der Waals surface area contributed by atoms with Crippen molar-refractivity contribution in [2.75, 3.05) is 32.1 Å². The lowest BCUT2D eigenvalue weighted by Crippen LogP contribution is -2.47. The maximum atomic E-state index is 12.9. The van der Waals surface area contributed by atoms with Crippen molar-refractivity contribution in [3.8, 4) is 0 Å². The number of nitrogens with zero attached hydrogens (tertiary/aromatic N) is 2. The molecule has 2 atom stereocenters. The minimum Gasteiger partial charge on any atom is -0.362 e. The molecule has 5 nitrogen and oxygen atoms in total. The molecule has 1 aromatic heterocycles. The number of carbonyl (C=O) groups excluding carboxylic acids is 1. The molecule has 1 amide bonds. The number of aromatic nitrogens is 1. The summed E-state index contributed by atoms with van der Waals surface area (Å²) in [7, 11) is 3.95. The smallest absolute Gasteiger partial charge is 0.228 e. The fourth-order valence-electron chi connectivity index (χ4n) is 4.01. The van der Waals surface area contributed by atoms with E-state index in [0.717, 1.165) is 30.9 Å². The summed E-state index contributed by atoms with van der Waals surface area (Å²) in [4.78, 5) is 19.3. The first-order valence-corrected chi connectivity index (χ1v) is 8.24. The third-order valence-electron chi connectivity index (χ3n) is 5.22. The second-order valence-corrected chi connectivity index (χ2v) is 6.79. The molecule has 22 heavy (non-hydrogen) atoms. The van der Waals surface area contributed by atoms with Gasteiger partial charge in [-0.05, 0) is 31.4 Å². The molecule has 1 aromatic rings. The highest BCUT2D eigenvalue weighted by Gasteiger charge is 2.49. The van der Waals surface area contributed by atoms with E-state index in [0.29, 0.717) is 12.5 Å². The molecule has 2 N–H and O–H groups in total. The maximum absolute atomic E-state index is 12.9. The Morgan fingerprint density at radius 3 is 3.18 bits per heavy atom. The lowest BCUT2D eigenvalue weighted by Gasteiger charge is -2.37. The minimum atomic E-state index is -0.182. The van der Waals surface area contributed by atoms with Crippen LogP contribution < -0.4 is 15.5 Å². The van der Waals surface area contributed by atoms with Gasteiger partial charge in [0.1, 0.15) is 5.82 Å². The molecular weight excluding hydrogens is 276 g/mol. The third kappa shape index (κ3) is 2.70. The van der Waals surface area contributed by atoms with Gasteiger partial charge in [-0.3, -0.25) is 4.79 Å². The van der Waals surface area contributed by atoms with E-state index in [-0.39, 0.29) is 11.3 Å². The van der Waals surface area contributed by atoms with E-state index in [2.05, 4.69) is 15.6 Å². The molecule has 0 unspecified atom stereocenters. The van der Waals surface area contributed by atoms with Gasteiger partial charge in [-0.1, -0.05) is 18.9 Å². The SMILES string of the molecule is CN(C)c1ncccc1CNC(=O)[C@@]12CCCC[C@H]1CNC2. The first-order chi connectivity index (χ1) is 10.6. The first kappa shape index (κ1) is 15.3. The molecule has 1 saturated carbocycles. The van der Waals surface area contributed by atoms with Crippen LogP contribution in [0.5, 0.6) is 0 Å². The second-order valence-electron chi connectivity index (χ2n) is 6.79. The van der Waals surface area contributed by atoms with Gasteiger partial charge in [0, 0.05) is 38.9 Å². The molecule has 0 radical (unpaired) electrons. The second kappa shape index (κ2) is 6.24. The number of carbonyl (C=O) groups is 1. The Hall–Kier alpha value is -1.62. The molecule has 3 rings (SSSR count). The van der Waals surface area contributed by atoms with Crippen molar-refractivity contribution in [2.24, 2.45) is 11.3 Å². The quantitative estimate of drug-likeness (QED) is 0.886. The summed E-state index contributed by atoms with van der Waals surface area (Å²) in [6, 6.07) is 3.96. The predicted molar refractivity (Wildman–Crippen MR) is 87.7 cm³/mol. The zero-order chi connectivity index (χ0) is 15.6. The van der Waals surface area contributed by atoms with Crippen LogP contribution in [0.1, 0.15) is 31.2 Å². The number of hydrogen-bond acceptors (Lipinski definition) is 4. The maximum Gasteiger partial charge on any atom is 0.228 e. The largest absolute Gasteiger partial charge is 0.362 e. The van der Waals surface area contributed by atoms with Gasteiger partial charge in [0.05, 0.1) is 5.41 Å². The van der Waals surface area contributed by atoms with Crippen LogP contribution in [0.2, 0.25) is 0 Å². The highest BCUT2D eigenvalue weighted by molar-refractivity contribution is 5.84. The van der Waals surface area contributed by atoms with Crippen LogP contribution >= 0.6 is 0 Å². The van der Waals surface area contributed by atoms with Crippen LogP contribution in [0.4, 0.5) is 5.82 Å². The summed E-state index contributed by atoms with van der Waals surface area (Å²) in [6.07, 6.45) is 6.41. The molecule has 1 aliphatic carbocycles. The number of anilines is 1. The van der Waals surface area contributed by atoms with Crippen LogP contribution in [0.15, 0.2) is 18.3 Å². The van der Waals surface area contributed by atoms with Crippen molar-refractivity contribution in [1.29, 1.82) is 0 Å². The Morgan fingerprint density at radius 1 is 1.50 bits per heavy atom. The van der Waals surface area contributed by atoms with Crippen LogP contribution in [0.3, 0.4) is 0 Å². The van der Waals surface area contributed by atoms with Crippen molar-refractivity contribution < 1.29 is 4.79 Å². The average Bonchev–Trinajstić information content (AvgIpc) is 2.98. The molecule has 5 heteroatoms. The van der Waals surface area contributed by atoms with Crippen molar-refractivity contribution in [3.63, 3.8) is 0 Å². The van der Waals surface area contributed by atoms with Crippen molar-refractivity contribution >= 4 is 11.7 Å². The Balaban J connectivity index is 1.70. The van der Waals surface area contributed by atoms with Gasteiger partial charge in [-0.15, -0.1) is 0 Å². The summed E-state index contributed by atoms with van der Waals surface area (Å²) in [5.74, 6) is 1.64. The number of rotatable bonds is 4. The third-order valence-corrected chi connectivity index (χ3v) is 5.22. The lowest BCUT2D eigenvalue weighted by atomic mass is 9.67. The first-order valence-electron chi connectivity index (χ1n) is 8.24. The lowest BCUT2D eigenvalue weighted by molar-refractivity contribution is -0.134. The van der Waals surface area contributed by atoms with Crippen LogP contribution in [0.25, 0.3) is 0 Å². The Kier molecular flexibility index (Phi) is 4.34. The van der Waals surface area contributed by atoms with Crippen molar-refractivity contribution in [3.05, 3.63) is 23.9 Å². The highest BCUT2D eigenvalue weighted by Crippen LogP contribution is 2.43. The number of nitrogens with one attached hydrogen (secondary N) is 2. The summed E-state index contributed by atoms with van der Waals surface area (Å²) < 4.78 is 0. The molecule has 0 spiro atoms. The molecule has 2 aliphatic rings. The van der Waals surface area contributed by atoms with Crippen LogP contribution in [-0.2, 0) is 11.3 Å². The van der Waals surface area contributed by atoms with Crippen LogP contribution in [0, 0.1) is 11.3 Å². The zero-order valence-corrected chi connectivity index (χ0v) is 13.6. The van der Waals surface area contributed by atoms with Gasteiger partial charge in [0.15, 0.2) is 0 Å². The average molecular weight is 302 g/mol. The molecule has 120 valence electrons. The van der Waals surface area contributed by atoms with Gasteiger partial charge < -0.3 is 15.5 Å². The number of pyridine rings is 1. The summed E-state index contributed by atoms with van der Waals surface area (Å²) >= 11 is 0. The summed E-state index contributed by atoms with van der Waals surface area (Å²) in [5.41, 5.74) is 0.884. The van der Waals surface area contributed by atoms with Gasteiger partial charge in [-0.25, -0.2) is 4.98 Å². The van der Waals surface area contributed by atoms with Gasteiger partial charge >= 0.3 is 0 Å². The molecule has 2 heterocycles. The fraction of sp³-hybridized carbons (Fsp3) is 0.647. The van der Waals surface area contributed by atoms with E-state index < -0.39 is 0 Å². The van der Waals surface area contributed by atoms with E-state index in [1.54, 1.807) is 6.20 Å². The monoisotopic (exact) mass is 302 g/mol. The number of amides is 1. The molecule has 0 bridgehead atoms. The summed E-state index contributed by atoms with van der Waals surface area (Å²) in [5, 5.41) is 6.61. The van der Waals surface area contributed by atoms with Gasteiger partial charge in [0.25, 0.3) is 0 Å².